The summed E-state index contributed by atoms with van der Waals surface area (Å²) in [7, 11) is 0. The predicted octanol–water partition coefficient (Wildman–Crippen LogP) is 15.9. The van der Waals surface area contributed by atoms with Crippen molar-refractivity contribution >= 4 is 17.8 Å². The second kappa shape index (κ2) is 49.3. The second-order valence-corrected chi connectivity index (χ2v) is 17.9. The highest BCUT2D eigenvalue weighted by Gasteiger charge is 2.19. The lowest BCUT2D eigenvalue weighted by Crippen LogP contribution is -2.40. The summed E-state index contributed by atoms with van der Waals surface area (Å²) in [4.78, 5) is 36.6. The fourth-order valence-corrected chi connectivity index (χ4v) is 7.97. The smallest absolute Gasteiger partial charge is 0.326 e. The Morgan fingerprint density at radius 3 is 1.34 bits per heavy atom. The number of rotatable bonds is 48. The molecule has 0 fully saturated rings. The monoisotopic (exact) mass is 869 g/mol. The Morgan fingerprint density at radius 2 is 0.887 bits per heavy atom. The zero-order valence-electron chi connectivity index (χ0n) is 40.7. The van der Waals surface area contributed by atoms with Gasteiger partial charge in [0, 0.05) is 12.8 Å². The molecule has 0 aliphatic rings. The maximum Gasteiger partial charge on any atom is 0.326 e. The van der Waals surface area contributed by atoms with Crippen LogP contribution in [0.15, 0.2) is 48.6 Å². The molecule has 0 spiro atoms. The molecule has 0 saturated carbocycles. The van der Waals surface area contributed by atoms with Gasteiger partial charge < -0.3 is 20.9 Å². The summed E-state index contributed by atoms with van der Waals surface area (Å²) in [5.74, 6) is -1.25. The largest absolute Gasteiger partial charge is 0.480 e. The maximum atomic E-state index is 12.9. The first-order valence-electron chi connectivity index (χ1n) is 26.5. The molecule has 1 amide bonds. The lowest BCUT2D eigenvalue weighted by Gasteiger charge is -2.18. The number of carboxylic acid groups (broad SMARTS) is 1. The lowest BCUT2D eigenvalue weighted by molar-refractivity contribution is -0.150. The van der Waals surface area contributed by atoms with Gasteiger partial charge in [0.25, 0.3) is 0 Å². The Morgan fingerprint density at radius 1 is 0.484 bits per heavy atom. The van der Waals surface area contributed by atoms with E-state index in [9.17, 15) is 19.5 Å². The van der Waals surface area contributed by atoms with Crippen molar-refractivity contribution in [3.05, 3.63) is 48.6 Å². The number of hydrogen-bond donors (Lipinski definition) is 3. The Labute approximate surface area is 383 Å². The minimum absolute atomic E-state index is 0.0258. The van der Waals surface area contributed by atoms with Crippen molar-refractivity contribution in [3.8, 4) is 0 Å². The summed E-state index contributed by atoms with van der Waals surface area (Å²) in [6.45, 7) is 4.86. The molecule has 0 saturated heterocycles. The number of unbranched alkanes of at least 4 members (excludes halogenated alkanes) is 26. The average Bonchev–Trinajstić information content (AvgIpc) is 3.26. The van der Waals surface area contributed by atoms with Crippen LogP contribution in [0, 0.1) is 0 Å². The van der Waals surface area contributed by atoms with Crippen molar-refractivity contribution in [2.75, 3.05) is 6.54 Å². The van der Waals surface area contributed by atoms with Gasteiger partial charge in [-0.05, 0) is 96.4 Å². The van der Waals surface area contributed by atoms with Crippen LogP contribution in [0.4, 0.5) is 0 Å². The fourth-order valence-electron chi connectivity index (χ4n) is 7.97. The first-order chi connectivity index (χ1) is 30.4. The minimum atomic E-state index is -1.01. The van der Waals surface area contributed by atoms with Crippen LogP contribution in [-0.4, -0.2) is 41.6 Å². The number of amides is 1. The molecular weight excluding hydrogens is 769 g/mol. The molecule has 4 N–H and O–H groups in total. The van der Waals surface area contributed by atoms with Crippen LogP contribution in [0.5, 0.6) is 0 Å². The van der Waals surface area contributed by atoms with E-state index in [0.29, 0.717) is 32.2 Å². The molecule has 0 aromatic carbocycles. The second-order valence-electron chi connectivity index (χ2n) is 17.9. The van der Waals surface area contributed by atoms with Crippen molar-refractivity contribution in [2.45, 2.75) is 276 Å². The van der Waals surface area contributed by atoms with Crippen LogP contribution in [0.3, 0.4) is 0 Å². The summed E-state index contributed by atoms with van der Waals surface area (Å²) in [6, 6.07) is -0.863. The summed E-state index contributed by atoms with van der Waals surface area (Å²) in [5.41, 5.74) is 5.50. The third-order valence-corrected chi connectivity index (χ3v) is 11.9. The van der Waals surface area contributed by atoms with E-state index in [1.165, 1.54) is 122 Å². The van der Waals surface area contributed by atoms with E-state index in [1.807, 2.05) is 0 Å². The molecule has 0 aromatic rings. The number of hydrogen-bond acceptors (Lipinski definition) is 5. The molecule has 0 radical (unpaired) electrons. The summed E-state index contributed by atoms with van der Waals surface area (Å²) >= 11 is 0. The van der Waals surface area contributed by atoms with E-state index >= 15 is 0 Å². The SMILES string of the molecule is CC/C=C\C/C=C\C/C=C\C/C=C\CCCCC(CCCCCCCC(=O)NC(CCCN)C(=O)O)OC(=O)CCCCCCCCCCCCCCCCCCCCCCC. The number of nitrogens with two attached hydrogens (primary N) is 1. The highest BCUT2D eigenvalue weighted by Crippen LogP contribution is 2.19. The van der Waals surface area contributed by atoms with Crippen molar-refractivity contribution < 1.29 is 24.2 Å². The topological polar surface area (TPSA) is 119 Å². The Kier molecular flexibility index (Phi) is 47.2. The molecule has 0 heterocycles. The number of ether oxygens (including phenoxy) is 1. The molecule has 0 bridgehead atoms. The van der Waals surface area contributed by atoms with Crippen LogP contribution in [0.25, 0.3) is 0 Å². The highest BCUT2D eigenvalue weighted by atomic mass is 16.5. The Hall–Kier alpha value is -2.67. The maximum absolute atomic E-state index is 12.9. The van der Waals surface area contributed by atoms with Gasteiger partial charge in [-0.1, -0.05) is 210 Å². The number of esters is 1. The first kappa shape index (κ1) is 59.3. The molecule has 2 unspecified atom stereocenters. The molecule has 62 heavy (non-hydrogen) atoms. The first-order valence-corrected chi connectivity index (χ1v) is 26.5. The van der Waals surface area contributed by atoms with E-state index in [0.717, 1.165) is 103 Å². The average molecular weight is 869 g/mol. The third-order valence-electron chi connectivity index (χ3n) is 11.9. The van der Waals surface area contributed by atoms with Crippen LogP contribution in [0.2, 0.25) is 0 Å². The third kappa shape index (κ3) is 45.4. The molecule has 0 rings (SSSR count). The zero-order chi connectivity index (χ0) is 45.2. The van der Waals surface area contributed by atoms with E-state index < -0.39 is 12.0 Å². The normalized spacial score (nSPS) is 13.0. The van der Waals surface area contributed by atoms with Crippen LogP contribution < -0.4 is 11.1 Å². The van der Waals surface area contributed by atoms with Gasteiger partial charge in [0.2, 0.25) is 5.91 Å². The molecule has 7 nitrogen and oxygen atoms in total. The quantitative estimate of drug-likeness (QED) is 0.0318. The van der Waals surface area contributed by atoms with Gasteiger partial charge in [0.15, 0.2) is 0 Å². The Bertz CT molecular complexity index is 1110. The number of allylic oxidation sites excluding steroid dienone is 8. The number of carboxylic acids is 1. The highest BCUT2D eigenvalue weighted by molar-refractivity contribution is 5.83. The van der Waals surface area contributed by atoms with Crippen molar-refractivity contribution in [1.29, 1.82) is 0 Å². The lowest BCUT2D eigenvalue weighted by atomic mass is 10.0. The fraction of sp³-hybridized carbons (Fsp3) is 0.800. The van der Waals surface area contributed by atoms with Gasteiger partial charge in [-0.2, -0.15) is 0 Å². The van der Waals surface area contributed by atoms with Gasteiger partial charge in [0.05, 0.1) is 0 Å². The van der Waals surface area contributed by atoms with Crippen molar-refractivity contribution in [2.24, 2.45) is 5.73 Å². The number of carbonyl (C=O) groups excluding carboxylic acids is 2. The van der Waals surface area contributed by atoms with E-state index in [1.54, 1.807) is 0 Å². The molecule has 0 aliphatic carbocycles. The molecular formula is C55H100N2O5. The zero-order valence-corrected chi connectivity index (χ0v) is 40.7. The van der Waals surface area contributed by atoms with Gasteiger partial charge in [-0.3, -0.25) is 9.59 Å². The van der Waals surface area contributed by atoms with Gasteiger partial charge in [-0.15, -0.1) is 0 Å². The molecule has 7 heteroatoms. The molecule has 0 aliphatic heterocycles. The summed E-state index contributed by atoms with van der Waals surface area (Å²) in [6.07, 6.45) is 61.8. The minimum Gasteiger partial charge on any atom is -0.480 e. The van der Waals surface area contributed by atoms with Crippen LogP contribution in [0.1, 0.15) is 264 Å². The van der Waals surface area contributed by atoms with E-state index in [2.05, 4.69) is 67.8 Å². The molecule has 0 aromatic heterocycles. The summed E-state index contributed by atoms with van der Waals surface area (Å²) in [5, 5.41) is 12.0. The molecule has 360 valence electrons. The van der Waals surface area contributed by atoms with E-state index in [-0.39, 0.29) is 18.0 Å². The van der Waals surface area contributed by atoms with Crippen LogP contribution >= 0.6 is 0 Å². The van der Waals surface area contributed by atoms with Crippen LogP contribution in [-0.2, 0) is 19.1 Å². The van der Waals surface area contributed by atoms with Gasteiger partial charge in [-0.25, -0.2) is 4.79 Å². The standard InChI is InChI=1S/C55H100N2O5/c1-3-5-7-9-11-13-15-17-19-20-21-22-23-24-26-28-30-32-34-39-43-49-54(59)62-51(45-40-36-33-31-29-27-25-18-16-14-12-10-8-6-4-2)46-41-37-35-38-42-48-53(58)57-52(55(60)61)47-44-50-56/h6,8,12,14,18,25,29,31,51-52H,3-5,7,9-11,13,15-17,19-24,26-28,30,32-50,56H2,1-2H3,(H,57,58)(H,60,61)/b8-6-,14-12-,25-18-,31-29-. The predicted molar refractivity (Wildman–Crippen MR) is 266 cm³/mol. The van der Waals surface area contributed by atoms with Crippen molar-refractivity contribution in [1.82, 2.24) is 5.32 Å². The van der Waals surface area contributed by atoms with Gasteiger partial charge >= 0.3 is 11.9 Å². The number of nitrogens with one attached hydrogen (secondary N) is 1. The number of aliphatic carboxylic acids is 1. The van der Waals surface area contributed by atoms with Gasteiger partial charge in [0.1, 0.15) is 12.1 Å². The molecule has 2 atom stereocenters. The Balaban J connectivity index is 4.29. The number of carbonyl (C=O) groups is 3. The van der Waals surface area contributed by atoms with Crippen molar-refractivity contribution in [3.63, 3.8) is 0 Å². The van der Waals surface area contributed by atoms with E-state index in [4.69, 9.17) is 10.5 Å². The summed E-state index contributed by atoms with van der Waals surface area (Å²) < 4.78 is 6.07.